The normalized spacial score (nSPS) is 15.5. The van der Waals surface area contributed by atoms with Crippen LogP contribution in [0.15, 0.2) is 36.5 Å². The van der Waals surface area contributed by atoms with E-state index in [0.717, 1.165) is 12.1 Å². The third-order valence-electron chi connectivity index (χ3n) is 6.21. The Morgan fingerprint density at radius 1 is 1.14 bits per heavy atom. The molecule has 1 aromatic heterocycles. The van der Waals surface area contributed by atoms with Gasteiger partial charge in [0.1, 0.15) is 11.9 Å². The summed E-state index contributed by atoms with van der Waals surface area (Å²) in [5, 5.41) is 8.81. The van der Waals surface area contributed by atoms with E-state index in [-0.39, 0.29) is 45.1 Å². The van der Waals surface area contributed by atoms with Crippen molar-refractivity contribution in [2.45, 2.75) is 64.3 Å². The van der Waals surface area contributed by atoms with Gasteiger partial charge in [0.15, 0.2) is 0 Å². The first-order chi connectivity index (χ1) is 17.2. The molecule has 2 aromatic carbocycles. The number of nitriles is 1. The molecule has 1 aliphatic rings. The second kappa shape index (κ2) is 9.72. The molecule has 11 heteroatoms. The third-order valence-corrected chi connectivity index (χ3v) is 8.14. The van der Waals surface area contributed by atoms with Crippen LogP contribution in [0.1, 0.15) is 62.8 Å². The summed E-state index contributed by atoms with van der Waals surface area (Å²) in [6.07, 6.45) is -4.01. The van der Waals surface area contributed by atoms with Crippen molar-refractivity contribution in [3.05, 3.63) is 59.0 Å². The van der Waals surface area contributed by atoms with E-state index in [1.165, 1.54) is 24.4 Å². The van der Waals surface area contributed by atoms with Crippen molar-refractivity contribution < 1.29 is 30.4 Å². The fourth-order valence-electron chi connectivity index (χ4n) is 4.47. The minimum absolute atomic E-state index is 0.0299. The largest absolute Gasteiger partial charge is 0.347 e. The first kappa shape index (κ1) is 27.1. The van der Waals surface area contributed by atoms with Gasteiger partial charge in [-0.05, 0) is 36.5 Å². The molecule has 1 fully saturated rings. The second-order valence-electron chi connectivity index (χ2n) is 10.5. The van der Waals surface area contributed by atoms with Gasteiger partial charge in [-0.25, -0.2) is 35.1 Å². The number of aromatic nitrogens is 1. The zero-order valence-electron chi connectivity index (χ0n) is 20.4. The highest BCUT2D eigenvalue weighted by Gasteiger charge is 2.40. The van der Waals surface area contributed by atoms with Gasteiger partial charge in [-0.15, -0.1) is 0 Å². The summed E-state index contributed by atoms with van der Waals surface area (Å²) in [4.78, 5) is 0. The molecule has 0 spiro atoms. The highest BCUT2D eigenvalue weighted by molar-refractivity contribution is 7.90. The number of nitrogens with zero attached hydrogens (tertiary/aromatic N) is 2. The summed E-state index contributed by atoms with van der Waals surface area (Å²) in [6, 6.07) is 5.77. The van der Waals surface area contributed by atoms with Crippen LogP contribution >= 0.6 is 0 Å². The molecule has 0 saturated heterocycles. The summed E-state index contributed by atoms with van der Waals surface area (Å²) in [6.45, 7) is 5.96. The quantitative estimate of drug-likeness (QED) is 0.324. The van der Waals surface area contributed by atoms with E-state index in [1.54, 1.807) is 4.57 Å². The van der Waals surface area contributed by atoms with Crippen LogP contribution < -0.4 is 4.72 Å². The number of sulfonamides is 1. The highest BCUT2D eigenvalue weighted by atomic mass is 32.2. The number of nitrogens with one attached hydrogen (secondary N) is 1. The molecule has 4 rings (SSSR count). The van der Waals surface area contributed by atoms with Gasteiger partial charge in [-0.2, -0.15) is 5.26 Å². The lowest BCUT2D eigenvalue weighted by molar-refractivity contribution is 0.109. The maximum absolute atomic E-state index is 15.5. The lowest BCUT2D eigenvalue weighted by atomic mass is 9.93. The van der Waals surface area contributed by atoms with Crippen molar-refractivity contribution in [1.82, 2.24) is 9.29 Å². The Kier molecular flexibility index (Phi) is 7.12. The fourth-order valence-corrected chi connectivity index (χ4v) is 6.00. The molecule has 0 radical (unpaired) electrons. The van der Waals surface area contributed by atoms with Gasteiger partial charge in [0.05, 0.1) is 16.9 Å². The Labute approximate surface area is 211 Å². The Morgan fingerprint density at radius 3 is 2.35 bits per heavy atom. The van der Waals surface area contributed by atoms with E-state index >= 15 is 4.39 Å². The Hall–Kier alpha value is -2.97. The van der Waals surface area contributed by atoms with Gasteiger partial charge in [-0.1, -0.05) is 32.9 Å². The molecule has 1 aliphatic carbocycles. The summed E-state index contributed by atoms with van der Waals surface area (Å²) in [5.41, 5.74) is -1.47. The molecule has 0 unspecified atom stereocenters. The van der Waals surface area contributed by atoms with Crippen molar-refractivity contribution in [1.29, 1.82) is 5.26 Å². The smallest absolute Gasteiger partial charge is 0.264 e. The molecule has 1 atom stereocenters. The standard InChI is InChI=1S/C26H26F5N3O2S/c1-26(2,3)13-34-12-19(23(25(30)31)33-37(35,36)15-7-8-15)17-9-20(27)18(10-21(17)34)22-14(11-32)5-4-6-16(22)24(28)29/h4-6,9-10,12,15,23-25,33H,7-8,13H2,1-3H3/t23-/m0/s1. The van der Waals surface area contributed by atoms with Gasteiger partial charge in [0.2, 0.25) is 10.0 Å². The van der Waals surface area contributed by atoms with E-state index < -0.39 is 45.5 Å². The van der Waals surface area contributed by atoms with Crippen molar-refractivity contribution in [3.63, 3.8) is 0 Å². The van der Waals surface area contributed by atoms with Gasteiger partial charge in [0.25, 0.3) is 12.9 Å². The van der Waals surface area contributed by atoms with Crippen LogP contribution in [0.5, 0.6) is 0 Å². The SMILES string of the molecule is CC(C)(C)Cn1cc([C@H](NS(=O)(=O)C2CC2)C(F)F)c2cc(F)c(-c3c(C#N)cccc3C(F)F)cc21. The number of halogens is 5. The molecule has 0 bridgehead atoms. The van der Waals surface area contributed by atoms with Gasteiger partial charge >= 0.3 is 0 Å². The molecular formula is C26H26F5N3O2S. The zero-order valence-corrected chi connectivity index (χ0v) is 21.2. The molecule has 0 amide bonds. The van der Waals surface area contributed by atoms with Crippen LogP contribution in [0.4, 0.5) is 22.0 Å². The average molecular weight is 540 g/mol. The van der Waals surface area contributed by atoms with Crippen LogP contribution in [0.3, 0.4) is 0 Å². The van der Waals surface area contributed by atoms with E-state index in [0.29, 0.717) is 12.8 Å². The van der Waals surface area contributed by atoms with E-state index in [1.807, 2.05) is 26.8 Å². The second-order valence-corrected chi connectivity index (χ2v) is 12.5. The molecule has 3 aromatic rings. The minimum atomic E-state index is -4.01. The van der Waals surface area contributed by atoms with E-state index in [4.69, 9.17) is 0 Å². The maximum Gasteiger partial charge on any atom is 0.264 e. The summed E-state index contributed by atoms with van der Waals surface area (Å²) in [7, 11) is -4.01. The average Bonchev–Trinajstić information content (AvgIpc) is 3.61. The van der Waals surface area contributed by atoms with Gasteiger partial charge in [-0.3, -0.25) is 0 Å². The number of fused-ring (bicyclic) bond motifs is 1. The summed E-state index contributed by atoms with van der Waals surface area (Å²) < 4.78 is 100. The van der Waals surface area contributed by atoms with E-state index in [2.05, 4.69) is 4.72 Å². The molecule has 5 nitrogen and oxygen atoms in total. The van der Waals surface area contributed by atoms with Crippen molar-refractivity contribution in [3.8, 4) is 17.2 Å². The summed E-state index contributed by atoms with van der Waals surface area (Å²) in [5.74, 6) is -0.995. The molecule has 1 heterocycles. The Morgan fingerprint density at radius 2 is 1.81 bits per heavy atom. The van der Waals surface area contributed by atoms with Crippen LogP contribution in [0, 0.1) is 22.6 Å². The molecule has 198 valence electrons. The predicted molar refractivity (Wildman–Crippen MR) is 130 cm³/mol. The van der Waals surface area contributed by atoms with Crippen LogP contribution in [-0.4, -0.2) is 24.7 Å². The van der Waals surface area contributed by atoms with Crippen molar-refractivity contribution in [2.24, 2.45) is 5.41 Å². The lowest BCUT2D eigenvalue weighted by Gasteiger charge is -2.20. The number of rotatable bonds is 8. The Balaban J connectivity index is 1.98. The first-order valence-electron chi connectivity index (χ1n) is 11.7. The monoisotopic (exact) mass is 539 g/mol. The minimum Gasteiger partial charge on any atom is -0.347 e. The number of hydrogen-bond donors (Lipinski definition) is 1. The number of alkyl halides is 4. The molecule has 1 saturated carbocycles. The van der Waals surface area contributed by atoms with E-state index in [9.17, 15) is 31.2 Å². The zero-order chi connectivity index (χ0) is 27.3. The molecular weight excluding hydrogens is 513 g/mol. The van der Waals surface area contributed by atoms with Crippen LogP contribution in [0.2, 0.25) is 0 Å². The number of hydrogen-bond acceptors (Lipinski definition) is 3. The Bertz CT molecular complexity index is 1480. The predicted octanol–water partition coefficient (Wildman–Crippen LogP) is 6.69. The topological polar surface area (TPSA) is 74.9 Å². The van der Waals surface area contributed by atoms with Gasteiger partial charge in [0, 0.05) is 45.9 Å². The number of benzene rings is 2. The van der Waals surface area contributed by atoms with Crippen molar-refractivity contribution >= 4 is 20.9 Å². The van der Waals surface area contributed by atoms with Crippen molar-refractivity contribution in [2.75, 3.05) is 0 Å². The highest BCUT2D eigenvalue weighted by Crippen LogP contribution is 2.40. The third kappa shape index (κ3) is 5.50. The summed E-state index contributed by atoms with van der Waals surface area (Å²) >= 11 is 0. The molecule has 1 N–H and O–H groups in total. The van der Waals surface area contributed by atoms with Gasteiger partial charge < -0.3 is 4.57 Å². The van der Waals surface area contributed by atoms with Crippen LogP contribution in [0.25, 0.3) is 22.0 Å². The van der Waals surface area contributed by atoms with Crippen LogP contribution in [-0.2, 0) is 16.6 Å². The molecule has 37 heavy (non-hydrogen) atoms. The molecule has 0 aliphatic heterocycles. The first-order valence-corrected chi connectivity index (χ1v) is 13.2. The fraction of sp³-hybridized carbons (Fsp3) is 0.423. The lowest BCUT2D eigenvalue weighted by Crippen LogP contribution is -2.35. The maximum atomic E-state index is 15.5.